The molecule has 5 nitrogen and oxygen atoms in total. The second kappa shape index (κ2) is 7.69. The molecule has 1 aromatic heterocycles. The third-order valence-corrected chi connectivity index (χ3v) is 4.72. The molecule has 0 amide bonds. The van der Waals surface area contributed by atoms with Crippen molar-refractivity contribution < 1.29 is 4.74 Å². The highest BCUT2D eigenvalue weighted by atomic mass is 127. The summed E-state index contributed by atoms with van der Waals surface area (Å²) in [4.78, 5) is 11.9. The molecule has 0 spiro atoms. The van der Waals surface area contributed by atoms with Gasteiger partial charge >= 0.3 is 0 Å². The van der Waals surface area contributed by atoms with Crippen molar-refractivity contribution in [2.24, 2.45) is 0 Å². The minimum atomic E-state index is -0.0214. The molecule has 6 heteroatoms. The van der Waals surface area contributed by atoms with Crippen LogP contribution in [0.4, 0.5) is 5.82 Å². The SMILES string of the molecule is CCCN1CCOC(c2nc(NC)c(I)c(C(C)C)n2)C1. The van der Waals surface area contributed by atoms with Crippen molar-refractivity contribution in [2.45, 2.75) is 39.2 Å². The van der Waals surface area contributed by atoms with E-state index in [4.69, 9.17) is 9.72 Å². The summed E-state index contributed by atoms with van der Waals surface area (Å²) in [5, 5.41) is 3.18. The van der Waals surface area contributed by atoms with Gasteiger partial charge in [-0.1, -0.05) is 20.8 Å². The molecule has 21 heavy (non-hydrogen) atoms. The van der Waals surface area contributed by atoms with Crippen LogP contribution in [0.15, 0.2) is 0 Å². The normalized spacial score (nSPS) is 20.0. The van der Waals surface area contributed by atoms with Crippen LogP contribution in [-0.2, 0) is 4.74 Å². The minimum absolute atomic E-state index is 0.0214. The van der Waals surface area contributed by atoms with Gasteiger partial charge < -0.3 is 10.1 Å². The topological polar surface area (TPSA) is 50.3 Å². The molecule has 118 valence electrons. The van der Waals surface area contributed by atoms with Crippen LogP contribution in [0.3, 0.4) is 0 Å². The summed E-state index contributed by atoms with van der Waals surface area (Å²) < 4.78 is 7.02. The second-order valence-corrected chi connectivity index (χ2v) is 6.77. The maximum absolute atomic E-state index is 5.92. The van der Waals surface area contributed by atoms with E-state index >= 15 is 0 Å². The molecule has 1 N–H and O–H groups in total. The van der Waals surface area contributed by atoms with Crippen LogP contribution < -0.4 is 5.32 Å². The van der Waals surface area contributed by atoms with Crippen LogP contribution in [0.1, 0.15) is 50.7 Å². The first-order valence-corrected chi connectivity index (χ1v) is 8.73. The molecule has 2 heterocycles. The van der Waals surface area contributed by atoms with Crippen LogP contribution in [0.5, 0.6) is 0 Å². The molecule has 0 bridgehead atoms. The van der Waals surface area contributed by atoms with Crippen molar-refractivity contribution in [1.82, 2.24) is 14.9 Å². The lowest BCUT2D eigenvalue weighted by molar-refractivity contribution is -0.0342. The van der Waals surface area contributed by atoms with Crippen molar-refractivity contribution in [3.05, 3.63) is 15.1 Å². The van der Waals surface area contributed by atoms with Crippen LogP contribution in [0.25, 0.3) is 0 Å². The molecule has 0 aromatic carbocycles. The molecule has 0 radical (unpaired) electrons. The Bertz CT molecular complexity index is 479. The number of aromatic nitrogens is 2. The third-order valence-electron chi connectivity index (χ3n) is 3.66. The number of nitrogens with one attached hydrogen (secondary N) is 1. The van der Waals surface area contributed by atoms with E-state index < -0.39 is 0 Å². The van der Waals surface area contributed by atoms with E-state index in [0.717, 1.165) is 47.1 Å². The quantitative estimate of drug-likeness (QED) is 0.765. The molecule has 1 aromatic rings. The zero-order valence-corrected chi connectivity index (χ0v) is 15.5. The lowest BCUT2D eigenvalue weighted by Gasteiger charge is -2.32. The molecule has 0 saturated carbocycles. The number of nitrogens with zero attached hydrogens (tertiary/aromatic N) is 3. The summed E-state index contributed by atoms with van der Waals surface area (Å²) in [6, 6.07) is 0. The Balaban J connectivity index is 2.28. The Morgan fingerprint density at radius 1 is 1.43 bits per heavy atom. The first kappa shape index (κ1) is 16.9. The summed E-state index contributed by atoms with van der Waals surface area (Å²) in [7, 11) is 1.91. The summed E-state index contributed by atoms with van der Waals surface area (Å²) in [6.45, 7) is 10.3. The van der Waals surface area contributed by atoms with Gasteiger partial charge in [0.05, 0.1) is 15.9 Å². The number of ether oxygens (including phenoxy) is 1. The van der Waals surface area contributed by atoms with Gasteiger partial charge in [-0.05, 0) is 41.5 Å². The highest BCUT2D eigenvalue weighted by Crippen LogP contribution is 2.28. The molecular weight excluding hydrogens is 379 g/mol. The maximum atomic E-state index is 5.92. The molecule has 1 aliphatic heterocycles. The minimum Gasteiger partial charge on any atom is -0.372 e. The zero-order chi connectivity index (χ0) is 15.4. The molecular formula is C15H25IN4O. The van der Waals surface area contributed by atoms with Crippen molar-refractivity contribution in [3.8, 4) is 0 Å². The van der Waals surface area contributed by atoms with E-state index in [1.807, 2.05) is 7.05 Å². The number of hydrogen-bond acceptors (Lipinski definition) is 5. The third kappa shape index (κ3) is 4.04. The number of anilines is 1. The Hall–Kier alpha value is -0.470. The van der Waals surface area contributed by atoms with Gasteiger partial charge in [0.25, 0.3) is 0 Å². The highest BCUT2D eigenvalue weighted by molar-refractivity contribution is 14.1. The lowest BCUT2D eigenvalue weighted by atomic mass is 10.1. The largest absolute Gasteiger partial charge is 0.372 e. The van der Waals surface area contributed by atoms with Crippen molar-refractivity contribution in [3.63, 3.8) is 0 Å². The summed E-state index contributed by atoms with van der Waals surface area (Å²) in [5.41, 5.74) is 1.10. The highest BCUT2D eigenvalue weighted by Gasteiger charge is 2.26. The van der Waals surface area contributed by atoms with Crippen LogP contribution in [0.2, 0.25) is 0 Å². The van der Waals surface area contributed by atoms with E-state index in [9.17, 15) is 0 Å². The van der Waals surface area contributed by atoms with Gasteiger partial charge in [-0.15, -0.1) is 0 Å². The molecule has 0 aliphatic carbocycles. The number of morpholine rings is 1. The summed E-state index contributed by atoms with van der Waals surface area (Å²) >= 11 is 2.32. The summed E-state index contributed by atoms with van der Waals surface area (Å²) in [5.74, 6) is 2.09. The smallest absolute Gasteiger partial charge is 0.161 e. The van der Waals surface area contributed by atoms with Gasteiger partial charge in [0.2, 0.25) is 0 Å². The molecule has 1 atom stereocenters. The molecule has 2 rings (SSSR count). The predicted octanol–water partition coefficient (Wildman–Crippen LogP) is 3.03. The zero-order valence-electron chi connectivity index (χ0n) is 13.3. The molecule has 1 fully saturated rings. The van der Waals surface area contributed by atoms with Gasteiger partial charge in [0, 0.05) is 20.1 Å². The van der Waals surface area contributed by atoms with E-state index in [2.05, 4.69) is 58.6 Å². The monoisotopic (exact) mass is 404 g/mol. The molecule has 1 unspecified atom stereocenters. The van der Waals surface area contributed by atoms with Gasteiger partial charge in [-0.25, -0.2) is 9.97 Å². The Morgan fingerprint density at radius 3 is 2.81 bits per heavy atom. The van der Waals surface area contributed by atoms with Gasteiger partial charge in [-0.3, -0.25) is 4.90 Å². The van der Waals surface area contributed by atoms with Crippen LogP contribution >= 0.6 is 22.6 Å². The van der Waals surface area contributed by atoms with Gasteiger partial charge in [0.15, 0.2) is 5.82 Å². The average molecular weight is 404 g/mol. The maximum Gasteiger partial charge on any atom is 0.161 e. The van der Waals surface area contributed by atoms with Gasteiger partial charge in [0.1, 0.15) is 11.9 Å². The van der Waals surface area contributed by atoms with Crippen LogP contribution in [-0.4, -0.2) is 48.2 Å². The van der Waals surface area contributed by atoms with Crippen molar-refractivity contribution in [2.75, 3.05) is 38.6 Å². The fraction of sp³-hybridized carbons (Fsp3) is 0.733. The fourth-order valence-electron chi connectivity index (χ4n) is 2.55. The Labute approximate surface area is 141 Å². The van der Waals surface area contributed by atoms with E-state index in [1.165, 1.54) is 6.42 Å². The number of rotatable bonds is 5. The molecule has 1 aliphatic rings. The molecule has 1 saturated heterocycles. The van der Waals surface area contributed by atoms with Crippen molar-refractivity contribution in [1.29, 1.82) is 0 Å². The Morgan fingerprint density at radius 2 is 2.19 bits per heavy atom. The Kier molecular flexibility index (Phi) is 6.19. The average Bonchev–Trinajstić information content (AvgIpc) is 2.48. The summed E-state index contributed by atoms with van der Waals surface area (Å²) in [6.07, 6.45) is 1.14. The number of hydrogen-bond donors (Lipinski definition) is 1. The van der Waals surface area contributed by atoms with E-state index in [0.29, 0.717) is 5.92 Å². The standard InChI is InChI=1S/C15H25IN4O/c1-5-6-20-7-8-21-11(9-20)14-18-13(10(2)3)12(16)15(17-4)19-14/h10-11H,5-9H2,1-4H3,(H,17,18,19). The fourth-order valence-corrected chi connectivity index (χ4v) is 3.69. The van der Waals surface area contributed by atoms with E-state index in [1.54, 1.807) is 0 Å². The van der Waals surface area contributed by atoms with E-state index in [-0.39, 0.29) is 6.10 Å². The first-order valence-electron chi connectivity index (χ1n) is 7.65. The predicted molar refractivity (Wildman–Crippen MR) is 93.8 cm³/mol. The van der Waals surface area contributed by atoms with Crippen molar-refractivity contribution >= 4 is 28.4 Å². The number of halogens is 1. The van der Waals surface area contributed by atoms with Crippen LogP contribution in [0, 0.1) is 3.57 Å². The first-order chi connectivity index (χ1) is 10.1. The lowest BCUT2D eigenvalue weighted by Crippen LogP contribution is -2.39. The second-order valence-electron chi connectivity index (χ2n) is 5.69. The van der Waals surface area contributed by atoms with Gasteiger partial charge in [-0.2, -0.15) is 0 Å².